The molecule has 0 fully saturated rings. The maximum Gasteiger partial charge on any atom is 0.0117 e. The highest BCUT2D eigenvalue weighted by Gasteiger charge is 2.05. The van der Waals surface area contributed by atoms with Gasteiger partial charge in [0, 0.05) is 6.04 Å². The molecule has 0 amide bonds. The van der Waals surface area contributed by atoms with E-state index in [4.69, 9.17) is 5.73 Å². The first kappa shape index (κ1) is 12.0. The lowest BCUT2D eigenvalue weighted by atomic mass is 9.98. The van der Waals surface area contributed by atoms with E-state index in [0.717, 1.165) is 19.3 Å². The fourth-order valence-electron chi connectivity index (χ4n) is 1.73. The Bertz CT molecular complexity index is 328. The Hall–Kier alpha value is -1.08. The van der Waals surface area contributed by atoms with Gasteiger partial charge >= 0.3 is 0 Å². The van der Waals surface area contributed by atoms with Gasteiger partial charge in [0.15, 0.2) is 0 Å². The molecule has 2 N–H and O–H groups in total. The van der Waals surface area contributed by atoms with Crippen LogP contribution in [0.1, 0.15) is 30.9 Å². The molecule has 0 aliphatic carbocycles. The molecule has 1 aromatic rings. The molecule has 0 heterocycles. The first-order chi connectivity index (χ1) is 7.11. The van der Waals surface area contributed by atoms with Gasteiger partial charge in [0.2, 0.25) is 0 Å². The number of aryl methyl sites for hydroxylation is 1. The number of rotatable bonds is 5. The average molecular weight is 203 g/mol. The summed E-state index contributed by atoms with van der Waals surface area (Å²) in [7, 11) is 0. The molecule has 1 atom stereocenters. The summed E-state index contributed by atoms with van der Waals surface area (Å²) in [6, 6.07) is 8.75. The third-order valence-corrected chi connectivity index (χ3v) is 2.63. The SMILES string of the molecule is C=C(CC)CC(N)Cc1cccc(C)c1. The van der Waals surface area contributed by atoms with Gasteiger partial charge in [-0.05, 0) is 31.7 Å². The van der Waals surface area contributed by atoms with Crippen molar-refractivity contribution >= 4 is 0 Å². The van der Waals surface area contributed by atoms with Crippen LogP contribution in [0.5, 0.6) is 0 Å². The third kappa shape index (κ3) is 4.30. The second kappa shape index (κ2) is 5.72. The van der Waals surface area contributed by atoms with E-state index >= 15 is 0 Å². The number of benzene rings is 1. The summed E-state index contributed by atoms with van der Waals surface area (Å²) in [5.41, 5.74) is 9.94. The van der Waals surface area contributed by atoms with E-state index < -0.39 is 0 Å². The maximum absolute atomic E-state index is 6.07. The average Bonchev–Trinajstić information content (AvgIpc) is 2.17. The van der Waals surface area contributed by atoms with Crippen LogP contribution in [0.15, 0.2) is 36.4 Å². The summed E-state index contributed by atoms with van der Waals surface area (Å²) in [5.74, 6) is 0. The fourth-order valence-corrected chi connectivity index (χ4v) is 1.73. The highest BCUT2D eigenvalue weighted by atomic mass is 14.6. The quantitative estimate of drug-likeness (QED) is 0.731. The van der Waals surface area contributed by atoms with Gasteiger partial charge in [-0.1, -0.05) is 48.9 Å². The van der Waals surface area contributed by atoms with E-state index in [-0.39, 0.29) is 6.04 Å². The summed E-state index contributed by atoms with van der Waals surface area (Å²) in [4.78, 5) is 0. The van der Waals surface area contributed by atoms with Gasteiger partial charge in [-0.2, -0.15) is 0 Å². The molecule has 0 aliphatic rings. The molecule has 1 heteroatoms. The Balaban J connectivity index is 2.51. The number of nitrogens with two attached hydrogens (primary N) is 1. The highest BCUT2D eigenvalue weighted by Crippen LogP contribution is 2.11. The smallest absolute Gasteiger partial charge is 0.0117 e. The molecular weight excluding hydrogens is 182 g/mol. The molecule has 1 unspecified atom stereocenters. The Kier molecular flexibility index (Phi) is 4.57. The molecule has 1 nitrogen and oxygen atoms in total. The van der Waals surface area contributed by atoms with Gasteiger partial charge < -0.3 is 5.73 Å². The van der Waals surface area contributed by atoms with Gasteiger partial charge in [0.05, 0.1) is 0 Å². The zero-order valence-electron chi connectivity index (χ0n) is 9.79. The molecule has 0 radical (unpaired) electrons. The normalized spacial score (nSPS) is 12.5. The van der Waals surface area contributed by atoms with Crippen molar-refractivity contribution in [1.82, 2.24) is 0 Å². The Morgan fingerprint density at radius 1 is 1.47 bits per heavy atom. The summed E-state index contributed by atoms with van der Waals surface area (Å²) in [5, 5.41) is 0. The molecule has 15 heavy (non-hydrogen) atoms. The van der Waals surface area contributed by atoms with E-state index in [1.54, 1.807) is 0 Å². The van der Waals surface area contributed by atoms with Gasteiger partial charge in [0.1, 0.15) is 0 Å². The first-order valence-corrected chi connectivity index (χ1v) is 5.59. The lowest BCUT2D eigenvalue weighted by Crippen LogP contribution is -2.23. The van der Waals surface area contributed by atoms with E-state index in [2.05, 4.69) is 44.7 Å². The maximum atomic E-state index is 6.07. The van der Waals surface area contributed by atoms with Crippen LogP contribution in [0, 0.1) is 6.92 Å². The van der Waals surface area contributed by atoms with Crippen LogP contribution in [-0.4, -0.2) is 6.04 Å². The minimum Gasteiger partial charge on any atom is -0.327 e. The molecule has 0 spiro atoms. The Labute approximate surface area is 93.0 Å². The van der Waals surface area contributed by atoms with E-state index in [1.807, 2.05) is 0 Å². The van der Waals surface area contributed by atoms with E-state index in [1.165, 1.54) is 16.7 Å². The van der Waals surface area contributed by atoms with Crippen molar-refractivity contribution in [1.29, 1.82) is 0 Å². The van der Waals surface area contributed by atoms with Crippen molar-refractivity contribution in [2.24, 2.45) is 5.73 Å². The largest absolute Gasteiger partial charge is 0.327 e. The van der Waals surface area contributed by atoms with E-state index in [0.29, 0.717) is 0 Å². The number of hydrogen-bond acceptors (Lipinski definition) is 1. The van der Waals surface area contributed by atoms with Gasteiger partial charge in [0.25, 0.3) is 0 Å². The van der Waals surface area contributed by atoms with Gasteiger partial charge in [-0.15, -0.1) is 0 Å². The molecule has 0 aliphatic heterocycles. The summed E-state index contributed by atoms with van der Waals surface area (Å²) < 4.78 is 0. The summed E-state index contributed by atoms with van der Waals surface area (Å²) >= 11 is 0. The van der Waals surface area contributed by atoms with Crippen LogP contribution in [0.4, 0.5) is 0 Å². The van der Waals surface area contributed by atoms with E-state index in [9.17, 15) is 0 Å². The van der Waals surface area contributed by atoms with Gasteiger partial charge in [-0.25, -0.2) is 0 Å². The van der Waals surface area contributed by atoms with Crippen LogP contribution in [0.2, 0.25) is 0 Å². The second-order valence-corrected chi connectivity index (χ2v) is 4.26. The van der Waals surface area contributed by atoms with Crippen molar-refractivity contribution in [3.8, 4) is 0 Å². The Morgan fingerprint density at radius 2 is 2.20 bits per heavy atom. The minimum atomic E-state index is 0.208. The predicted molar refractivity (Wildman–Crippen MR) is 66.9 cm³/mol. The van der Waals surface area contributed by atoms with Crippen LogP contribution in [0.3, 0.4) is 0 Å². The summed E-state index contributed by atoms with van der Waals surface area (Å²) in [6.07, 6.45) is 2.91. The van der Waals surface area contributed by atoms with Crippen molar-refractivity contribution < 1.29 is 0 Å². The topological polar surface area (TPSA) is 26.0 Å². The molecule has 82 valence electrons. The van der Waals surface area contributed by atoms with Crippen LogP contribution >= 0.6 is 0 Å². The monoisotopic (exact) mass is 203 g/mol. The molecule has 0 saturated carbocycles. The molecular formula is C14H21N. The van der Waals surface area contributed by atoms with Gasteiger partial charge in [-0.3, -0.25) is 0 Å². The minimum absolute atomic E-state index is 0.208. The van der Waals surface area contributed by atoms with Crippen molar-refractivity contribution in [2.75, 3.05) is 0 Å². The highest BCUT2D eigenvalue weighted by molar-refractivity contribution is 5.23. The molecule has 0 saturated heterocycles. The van der Waals surface area contributed by atoms with Crippen molar-refractivity contribution in [3.05, 3.63) is 47.5 Å². The molecule has 0 aromatic heterocycles. The van der Waals surface area contributed by atoms with Crippen LogP contribution < -0.4 is 5.73 Å². The van der Waals surface area contributed by atoms with Crippen molar-refractivity contribution in [3.63, 3.8) is 0 Å². The molecule has 1 rings (SSSR count). The third-order valence-electron chi connectivity index (χ3n) is 2.63. The molecule has 0 bridgehead atoms. The van der Waals surface area contributed by atoms with Crippen molar-refractivity contribution in [2.45, 2.75) is 39.2 Å². The van der Waals surface area contributed by atoms with Crippen LogP contribution in [-0.2, 0) is 6.42 Å². The fraction of sp³-hybridized carbons (Fsp3) is 0.429. The Morgan fingerprint density at radius 3 is 2.80 bits per heavy atom. The standard InChI is InChI=1S/C14H21N/c1-4-11(2)9-14(15)10-13-7-5-6-12(3)8-13/h5-8,14H,2,4,9-10,15H2,1,3H3. The van der Waals surface area contributed by atoms with Crippen LogP contribution in [0.25, 0.3) is 0 Å². The zero-order valence-corrected chi connectivity index (χ0v) is 9.79. The first-order valence-electron chi connectivity index (χ1n) is 5.59. The lowest BCUT2D eigenvalue weighted by molar-refractivity contribution is 0.651. The summed E-state index contributed by atoms with van der Waals surface area (Å²) in [6.45, 7) is 8.23. The number of hydrogen-bond donors (Lipinski definition) is 1. The lowest BCUT2D eigenvalue weighted by Gasteiger charge is -2.12. The molecule has 1 aromatic carbocycles. The predicted octanol–water partition coefficient (Wildman–Crippen LogP) is 3.22. The zero-order chi connectivity index (χ0) is 11.3. The second-order valence-electron chi connectivity index (χ2n) is 4.26.